The summed E-state index contributed by atoms with van der Waals surface area (Å²) in [5.41, 5.74) is 0.632. The minimum Gasteiger partial charge on any atom is -0.464 e. The van der Waals surface area contributed by atoms with Gasteiger partial charge in [-0.1, -0.05) is 12.1 Å². The molecule has 0 saturated carbocycles. The van der Waals surface area contributed by atoms with Crippen LogP contribution in [0.2, 0.25) is 0 Å². The fourth-order valence-corrected chi connectivity index (χ4v) is 4.20. The average Bonchev–Trinajstić information content (AvgIpc) is 2.87. The van der Waals surface area contributed by atoms with Crippen LogP contribution < -0.4 is 0 Å². The van der Waals surface area contributed by atoms with Crippen LogP contribution in [0.1, 0.15) is 24.8 Å². The predicted molar refractivity (Wildman–Crippen MR) is 88.9 cm³/mol. The summed E-state index contributed by atoms with van der Waals surface area (Å²) in [4.78, 5) is 14.1. The molecule has 0 radical (unpaired) electrons. The number of ether oxygens (including phenoxy) is 1. The van der Waals surface area contributed by atoms with Gasteiger partial charge < -0.3 is 9.64 Å². The van der Waals surface area contributed by atoms with Crippen LogP contribution in [0.25, 0.3) is 0 Å². The van der Waals surface area contributed by atoms with Crippen LogP contribution in [-0.4, -0.2) is 44.8 Å². The average molecular weight is 346 g/mol. The third-order valence-corrected chi connectivity index (χ3v) is 5.56. The van der Waals surface area contributed by atoms with Gasteiger partial charge in [0.2, 0.25) is 0 Å². The van der Waals surface area contributed by atoms with Crippen LogP contribution in [-0.2, 0) is 19.6 Å². The Labute approximate surface area is 141 Å². The van der Waals surface area contributed by atoms with Gasteiger partial charge in [0, 0.05) is 25.1 Å². The van der Waals surface area contributed by atoms with Crippen molar-refractivity contribution in [2.75, 3.05) is 19.7 Å². The molecular formula is C17H18N2O4S. The molecule has 0 atom stereocenters. The molecule has 0 unspecified atom stereocenters. The smallest absolute Gasteiger partial charge is 0.309 e. The minimum atomic E-state index is -3.61. The lowest BCUT2D eigenvalue weighted by molar-refractivity contribution is -0.149. The lowest BCUT2D eigenvalue weighted by Crippen LogP contribution is -2.40. The maximum atomic E-state index is 12.1. The van der Waals surface area contributed by atoms with Gasteiger partial charge in [0.25, 0.3) is 10.0 Å². The van der Waals surface area contributed by atoms with E-state index in [-0.39, 0.29) is 23.4 Å². The summed E-state index contributed by atoms with van der Waals surface area (Å²) in [5.74, 6) is 2.50. The van der Waals surface area contributed by atoms with Gasteiger partial charge >= 0.3 is 5.97 Å². The van der Waals surface area contributed by atoms with E-state index in [0.717, 1.165) is 0 Å². The van der Waals surface area contributed by atoms with Gasteiger partial charge in [0.05, 0.1) is 5.92 Å². The standard InChI is InChI=1S/C17H18N2O4S/c1-2-3-12-23-17(20)13-8-10-19(11-9-13)16-14-6-4-5-7-15(14)24(21,22)18-16/h1,4-7,13H,3,8-12H2. The van der Waals surface area contributed by atoms with Crippen LogP contribution in [0.4, 0.5) is 0 Å². The Hall–Kier alpha value is -2.33. The molecule has 2 aliphatic rings. The molecule has 1 fully saturated rings. The molecule has 0 amide bonds. The molecule has 0 N–H and O–H groups in total. The van der Waals surface area contributed by atoms with Crippen LogP contribution >= 0.6 is 0 Å². The zero-order chi connectivity index (χ0) is 17.2. The second kappa shape index (κ2) is 6.65. The largest absolute Gasteiger partial charge is 0.464 e. The topological polar surface area (TPSA) is 76.0 Å². The number of hydrogen-bond donors (Lipinski definition) is 0. The number of amidine groups is 1. The van der Waals surface area contributed by atoms with E-state index in [2.05, 4.69) is 10.3 Å². The van der Waals surface area contributed by atoms with E-state index in [4.69, 9.17) is 11.2 Å². The molecule has 1 saturated heterocycles. The van der Waals surface area contributed by atoms with Crippen molar-refractivity contribution in [2.45, 2.75) is 24.2 Å². The number of terminal acetylenes is 1. The van der Waals surface area contributed by atoms with Crippen molar-refractivity contribution in [1.29, 1.82) is 0 Å². The van der Waals surface area contributed by atoms with Gasteiger partial charge in [-0.15, -0.1) is 16.7 Å². The van der Waals surface area contributed by atoms with E-state index < -0.39 is 10.0 Å². The predicted octanol–water partition coefficient (Wildman–Crippen LogP) is 1.41. The number of hydrogen-bond acceptors (Lipinski definition) is 5. The molecule has 0 spiro atoms. The molecule has 2 aliphatic heterocycles. The van der Waals surface area contributed by atoms with Gasteiger partial charge in [0.1, 0.15) is 11.5 Å². The number of piperidine rings is 1. The zero-order valence-electron chi connectivity index (χ0n) is 13.1. The highest BCUT2D eigenvalue weighted by atomic mass is 32.2. The Kier molecular flexibility index (Phi) is 4.58. The first-order chi connectivity index (χ1) is 11.5. The van der Waals surface area contributed by atoms with E-state index in [1.54, 1.807) is 24.3 Å². The molecule has 3 rings (SSSR count). The highest BCUT2D eigenvalue weighted by molar-refractivity contribution is 7.90. The van der Waals surface area contributed by atoms with Crippen LogP contribution in [0.5, 0.6) is 0 Å². The molecule has 0 aromatic heterocycles. The molecule has 1 aromatic rings. The molecule has 0 bridgehead atoms. The fraction of sp³-hybridized carbons (Fsp3) is 0.412. The maximum Gasteiger partial charge on any atom is 0.309 e. The highest BCUT2D eigenvalue weighted by Crippen LogP contribution is 2.29. The summed E-state index contributed by atoms with van der Waals surface area (Å²) in [7, 11) is -3.61. The molecule has 126 valence electrons. The second-order valence-corrected chi connectivity index (χ2v) is 7.34. The van der Waals surface area contributed by atoms with Gasteiger partial charge in [-0.3, -0.25) is 4.79 Å². The van der Waals surface area contributed by atoms with Crippen molar-refractivity contribution in [3.8, 4) is 12.3 Å². The second-order valence-electron chi connectivity index (χ2n) is 5.77. The van der Waals surface area contributed by atoms with Gasteiger partial charge in [-0.25, -0.2) is 0 Å². The van der Waals surface area contributed by atoms with Crippen LogP contribution in [0.15, 0.2) is 33.6 Å². The Balaban J connectivity index is 1.66. The molecular weight excluding hydrogens is 328 g/mol. The molecule has 7 heteroatoms. The van der Waals surface area contributed by atoms with Crippen molar-refractivity contribution in [2.24, 2.45) is 10.3 Å². The Morgan fingerprint density at radius 2 is 2.04 bits per heavy atom. The van der Waals surface area contributed by atoms with E-state index in [9.17, 15) is 13.2 Å². The summed E-state index contributed by atoms with van der Waals surface area (Å²) >= 11 is 0. The normalized spacial score (nSPS) is 19.3. The van der Waals surface area contributed by atoms with E-state index in [1.165, 1.54) is 0 Å². The zero-order valence-corrected chi connectivity index (χ0v) is 14.0. The number of sulfonamides is 1. The van der Waals surface area contributed by atoms with E-state index in [0.29, 0.717) is 43.8 Å². The first-order valence-electron chi connectivity index (χ1n) is 7.82. The quantitative estimate of drug-likeness (QED) is 0.470. The van der Waals surface area contributed by atoms with Crippen molar-refractivity contribution in [3.63, 3.8) is 0 Å². The fourth-order valence-electron chi connectivity index (χ4n) is 2.97. The molecule has 1 aromatic carbocycles. The maximum absolute atomic E-state index is 12.1. The first-order valence-corrected chi connectivity index (χ1v) is 9.26. The minimum absolute atomic E-state index is 0.173. The summed E-state index contributed by atoms with van der Waals surface area (Å²) in [6.07, 6.45) is 6.76. The van der Waals surface area contributed by atoms with Crippen LogP contribution in [0, 0.1) is 18.3 Å². The van der Waals surface area contributed by atoms with Gasteiger partial charge in [0.15, 0.2) is 5.84 Å². The molecule has 6 nitrogen and oxygen atoms in total. The van der Waals surface area contributed by atoms with Gasteiger partial charge in [-0.05, 0) is 25.0 Å². The number of carbonyl (C=O) groups excluding carboxylic acids is 1. The number of nitrogens with zero attached hydrogens (tertiary/aromatic N) is 2. The monoisotopic (exact) mass is 346 g/mol. The summed E-state index contributed by atoms with van der Waals surface area (Å²) in [6.45, 7) is 1.38. The Bertz CT molecular complexity index is 815. The van der Waals surface area contributed by atoms with Gasteiger partial charge in [-0.2, -0.15) is 8.42 Å². The van der Waals surface area contributed by atoms with Crippen molar-refractivity contribution >= 4 is 21.8 Å². The number of likely N-dealkylation sites (tertiary alicyclic amines) is 1. The lowest BCUT2D eigenvalue weighted by atomic mass is 9.96. The number of fused-ring (bicyclic) bond motifs is 1. The Morgan fingerprint density at radius 3 is 2.75 bits per heavy atom. The number of rotatable bonds is 3. The van der Waals surface area contributed by atoms with Crippen molar-refractivity contribution < 1.29 is 17.9 Å². The third-order valence-electron chi connectivity index (χ3n) is 4.23. The van der Waals surface area contributed by atoms with E-state index in [1.807, 2.05) is 4.90 Å². The third kappa shape index (κ3) is 3.15. The summed E-state index contributed by atoms with van der Waals surface area (Å²) in [5, 5.41) is 0. The van der Waals surface area contributed by atoms with E-state index >= 15 is 0 Å². The number of carbonyl (C=O) groups is 1. The molecule has 0 aliphatic carbocycles. The summed E-state index contributed by atoms with van der Waals surface area (Å²) in [6, 6.07) is 6.81. The summed E-state index contributed by atoms with van der Waals surface area (Å²) < 4.78 is 33.3. The Morgan fingerprint density at radius 1 is 1.33 bits per heavy atom. The lowest BCUT2D eigenvalue weighted by Gasteiger charge is -2.32. The molecule has 2 heterocycles. The molecule has 24 heavy (non-hydrogen) atoms. The SMILES string of the molecule is C#CCCOC(=O)C1CCN(C2=NS(=O)(=O)c3ccccc32)CC1. The number of esters is 1. The van der Waals surface area contributed by atoms with Crippen molar-refractivity contribution in [1.82, 2.24) is 4.90 Å². The van der Waals surface area contributed by atoms with Crippen molar-refractivity contribution in [3.05, 3.63) is 29.8 Å². The highest BCUT2D eigenvalue weighted by Gasteiger charge is 2.34. The number of benzene rings is 1. The first kappa shape index (κ1) is 16.5. The van der Waals surface area contributed by atoms with Crippen LogP contribution in [0.3, 0.4) is 0 Å².